The first-order valence-electron chi connectivity index (χ1n) is 4.30. The van der Waals surface area contributed by atoms with Gasteiger partial charge in [0, 0.05) is 12.1 Å². The molecule has 1 aromatic carbocycles. The van der Waals surface area contributed by atoms with Crippen LogP contribution in [0, 0.1) is 0 Å². The molecule has 0 fully saturated rings. The Labute approximate surface area is 87.3 Å². The molecule has 0 spiro atoms. The second-order valence-corrected chi connectivity index (χ2v) is 3.93. The molecule has 0 aliphatic heterocycles. The predicted molar refractivity (Wildman–Crippen MR) is 57.8 cm³/mol. The Morgan fingerprint density at radius 3 is 2.77 bits per heavy atom. The highest BCUT2D eigenvalue weighted by Gasteiger charge is 2.05. The van der Waals surface area contributed by atoms with E-state index in [1.165, 1.54) is 0 Å². The van der Waals surface area contributed by atoms with Gasteiger partial charge in [0.25, 0.3) is 0 Å². The van der Waals surface area contributed by atoms with E-state index in [2.05, 4.69) is 27.8 Å². The Hall–Kier alpha value is -0.540. The molecule has 0 aromatic heterocycles. The number of para-hydroxylation sites is 1. The zero-order valence-electron chi connectivity index (χ0n) is 7.92. The summed E-state index contributed by atoms with van der Waals surface area (Å²) >= 11 is 3.29. The van der Waals surface area contributed by atoms with E-state index in [-0.39, 0.29) is 0 Å². The third-order valence-corrected chi connectivity index (χ3v) is 2.69. The molecule has 0 aliphatic carbocycles. The molecule has 0 bridgehead atoms. The van der Waals surface area contributed by atoms with Gasteiger partial charge in [0.2, 0.25) is 0 Å². The van der Waals surface area contributed by atoms with Crippen LogP contribution in [-0.4, -0.2) is 23.6 Å². The fraction of sp³-hybridized carbons (Fsp3) is 0.400. The summed E-state index contributed by atoms with van der Waals surface area (Å²) in [5.41, 5.74) is 0.957. The molecule has 1 N–H and O–H groups in total. The zero-order chi connectivity index (χ0) is 9.84. The molecule has 0 saturated carbocycles. The van der Waals surface area contributed by atoms with Gasteiger partial charge in [-0.2, -0.15) is 0 Å². The average molecular weight is 244 g/mol. The third kappa shape index (κ3) is 2.71. The summed E-state index contributed by atoms with van der Waals surface area (Å²) in [7, 11) is 2.03. The summed E-state index contributed by atoms with van der Waals surface area (Å²) < 4.78 is 0.759. The standard InChI is InChI=1S/C10H14BrNO/c1-3-12(2)7-8-5-4-6-9(11)10(8)13/h4-6,13H,3,7H2,1-2H3. The number of aromatic hydroxyl groups is 1. The Morgan fingerprint density at radius 2 is 2.15 bits per heavy atom. The van der Waals surface area contributed by atoms with Crippen LogP contribution in [0.1, 0.15) is 12.5 Å². The van der Waals surface area contributed by atoms with E-state index in [0.717, 1.165) is 23.1 Å². The van der Waals surface area contributed by atoms with Crippen LogP contribution < -0.4 is 0 Å². The minimum absolute atomic E-state index is 0.350. The van der Waals surface area contributed by atoms with E-state index < -0.39 is 0 Å². The van der Waals surface area contributed by atoms with Gasteiger partial charge < -0.3 is 10.0 Å². The minimum Gasteiger partial charge on any atom is -0.506 e. The van der Waals surface area contributed by atoms with Crippen LogP contribution in [0.15, 0.2) is 22.7 Å². The van der Waals surface area contributed by atoms with Crippen molar-refractivity contribution in [1.29, 1.82) is 0 Å². The fourth-order valence-corrected chi connectivity index (χ4v) is 1.50. The molecule has 72 valence electrons. The predicted octanol–water partition coefficient (Wildman–Crippen LogP) is 2.61. The van der Waals surface area contributed by atoms with Crippen LogP contribution in [0.25, 0.3) is 0 Å². The van der Waals surface area contributed by atoms with E-state index >= 15 is 0 Å². The first-order chi connectivity index (χ1) is 6.15. The molecule has 3 heteroatoms. The topological polar surface area (TPSA) is 23.5 Å². The molecule has 13 heavy (non-hydrogen) atoms. The quantitative estimate of drug-likeness (QED) is 0.883. The van der Waals surface area contributed by atoms with Crippen molar-refractivity contribution in [3.63, 3.8) is 0 Å². The molecule has 0 aliphatic rings. The lowest BCUT2D eigenvalue weighted by atomic mass is 10.2. The molecule has 1 aromatic rings. The second kappa shape index (κ2) is 4.63. The maximum absolute atomic E-state index is 9.67. The van der Waals surface area contributed by atoms with Crippen molar-refractivity contribution in [3.05, 3.63) is 28.2 Å². The first kappa shape index (κ1) is 10.5. The number of phenolic OH excluding ortho intramolecular Hbond substituents is 1. The van der Waals surface area contributed by atoms with Crippen LogP contribution in [-0.2, 0) is 6.54 Å². The number of rotatable bonds is 3. The Bertz CT molecular complexity index is 288. The SMILES string of the molecule is CCN(C)Cc1cccc(Br)c1O. The molecule has 1 rings (SSSR count). The largest absolute Gasteiger partial charge is 0.506 e. The van der Waals surface area contributed by atoms with E-state index in [4.69, 9.17) is 0 Å². The van der Waals surface area contributed by atoms with Gasteiger partial charge >= 0.3 is 0 Å². The number of hydrogen-bond donors (Lipinski definition) is 1. The summed E-state index contributed by atoms with van der Waals surface area (Å²) in [6.45, 7) is 3.85. The smallest absolute Gasteiger partial charge is 0.134 e. The first-order valence-corrected chi connectivity index (χ1v) is 5.09. The zero-order valence-corrected chi connectivity index (χ0v) is 9.50. The van der Waals surface area contributed by atoms with Gasteiger partial charge in [-0.15, -0.1) is 0 Å². The van der Waals surface area contributed by atoms with Crippen molar-refractivity contribution in [1.82, 2.24) is 4.90 Å². The van der Waals surface area contributed by atoms with Crippen molar-refractivity contribution in [3.8, 4) is 5.75 Å². The van der Waals surface area contributed by atoms with Gasteiger partial charge in [0.1, 0.15) is 5.75 Å². The van der Waals surface area contributed by atoms with E-state index in [1.807, 2.05) is 25.2 Å². The summed E-state index contributed by atoms with van der Waals surface area (Å²) in [6.07, 6.45) is 0. The van der Waals surface area contributed by atoms with E-state index in [0.29, 0.717) is 5.75 Å². The van der Waals surface area contributed by atoms with Gasteiger partial charge in [0.15, 0.2) is 0 Å². The minimum atomic E-state index is 0.350. The monoisotopic (exact) mass is 243 g/mol. The fourth-order valence-electron chi connectivity index (χ4n) is 1.09. The van der Waals surface area contributed by atoms with Crippen molar-refractivity contribution >= 4 is 15.9 Å². The summed E-state index contributed by atoms with van der Waals surface area (Å²) in [4.78, 5) is 2.14. The number of phenols is 1. The third-order valence-electron chi connectivity index (χ3n) is 2.05. The van der Waals surface area contributed by atoms with Crippen molar-refractivity contribution in [2.24, 2.45) is 0 Å². The highest BCUT2D eigenvalue weighted by molar-refractivity contribution is 9.10. The summed E-state index contributed by atoms with van der Waals surface area (Å²) in [5.74, 6) is 0.350. The van der Waals surface area contributed by atoms with E-state index in [9.17, 15) is 5.11 Å². The highest BCUT2D eigenvalue weighted by Crippen LogP contribution is 2.27. The van der Waals surface area contributed by atoms with Gasteiger partial charge in [-0.3, -0.25) is 0 Å². The maximum atomic E-state index is 9.67. The normalized spacial score (nSPS) is 10.8. The lowest BCUT2D eigenvalue weighted by Crippen LogP contribution is -2.16. The second-order valence-electron chi connectivity index (χ2n) is 3.08. The molecule has 0 atom stereocenters. The van der Waals surface area contributed by atoms with Crippen molar-refractivity contribution in [2.45, 2.75) is 13.5 Å². The average Bonchev–Trinajstić information content (AvgIpc) is 2.13. The van der Waals surface area contributed by atoms with Crippen molar-refractivity contribution in [2.75, 3.05) is 13.6 Å². The van der Waals surface area contributed by atoms with Crippen LogP contribution >= 0.6 is 15.9 Å². The number of nitrogens with zero attached hydrogens (tertiary/aromatic N) is 1. The molecule has 0 radical (unpaired) electrons. The van der Waals surface area contributed by atoms with Gasteiger partial charge in [-0.25, -0.2) is 0 Å². The molecule has 0 unspecified atom stereocenters. The Kier molecular flexibility index (Phi) is 3.75. The van der Waals surface area contributed by atoms with Crippen LogP contribution in [0.2, 0.25) is 0 Å². The molecular weight excluding hydrogens is 230 g/mol. The molecular formula is C10H14BrNO. The van der Waals surface area contributed by atoms with Crippen LogP contribution in [0.3, 0.4) is 0 Å². The van der Waals surface area contributed by atoms with Gasteiger partial charge in [-0.05, 0) is 35.6 Å². The number of halogens is 1. The molecule has 2 nitrogen and oxygen atoms in total. The lowest BCUT2D eigenvalue weighted by Gasteiger charge is -2.15. The van der Waals surface area contributed by atoms with Crippen molar-refractivity contribution < 1.29 is 5.11 Å². The highest BCUT2D eigenvalue weighted by atomic mass is 79.9. The molecule has 0 heterocycles. The Balaban J connectivity index is 2.83. The van der Waals surface area contributed by atoms with Gasteiger partial charge in [0.05, 0.1) is 4.47 Å². The maximum Gasteiger partial charge on any atom is 0.134 e. The van der Waals surface area contributed by atoms with Crippen LogP contribution in [0.5, 0.6) is 5.75 Å². The molecule has 0 amide bonds. The van der Waals surface area contributed by atoms with Crippen LogP contribution in [0.4, 0.5) is 0 Å². The number of benzene rings is 1. The number of hydrogen-bond acceptors (Lipinski definition) is 2. The summed E-state index contributed by atoms with van der Waals surface area (Å²) in [5, 5.41) is 9.67. The molecule has 0 saturated heterocycles. The lowest BCUT2D eigenvalue weighted by molar-refractivity contribution is 0.337. The van der Waals surface area contributed by atoms with Gasteiger partial charge in [-0.1, -0.05) is 19.1 Å². The summed E-state index contributed by atoms with van der Waals surface area (Å²) in [6, 6.07) is 5.71. The Morgan fingerprint density at radius 1 is 1.46 bits per heavy atom. The van der Waals surface area contributed by atoms with E-state index in [1.54, 1.807) is 0 Å².